The second kappa shape index (κ2) is 14.7. The number of hydrogen-bond donors (Lipinski definition) is 0. The Balaban J connectivity index is 1.98. The normalized spacial score (nSPS) is 11.1. The van der Waals surface area contributed by atoms with Gasteiger partial charge < -0.3 is 14.2 Å². The summed E-state index contributed by atoms with van der Waals surface area (Å²) in [4.78, 5) is 39.0. The van der Waals surface area contributed by atoms with Gasteiger partial charge in [0.2, 0.25) is 0 Å². The number of ketones is 1. The summed E-state index contributed by atoms with van der Waals surface area (Å²) in [7, 11) is 0. The topological polar surface area (TPSA) is 103 Å². The number of benzene rings is 2. The fraction of sp³-hybridized carbons (Fsp3) is 0.241. The fourth-order valence-electron chi connectivity index (χ4n) is 3.74. The molecule has 0 radical (unpaired) electrons. The Morgan fingerprint density at radius 1 is 1.07 bits per heavy atom. The van der Waals surface area contributed by atoms with Crippen molar-refractivity contribution in [1.82, 2.24) is 0 Å². The molecule has 3 aromatic rings. The molecular weight excluding hydrogens is 763 g/mol. The van der Waals surface area contributed by atoms with E-state index in [1.165, 1.54) is 12.1 Å². The van der Waals surface area contributed by atoms with Crippen LogP contribution in [0.15, 0.2) is 42.0 Å². The second-order valence-corrected chi connectivity index (χ2v) is 11.8. The zero-order valence-corrected chi connectivity index (χ0v) is 26.9. The molecule has 0 aliphatic heterocycles. The van der Waals surface area contributed by atoms with Crippen LogP contribution in [0.1, 0.15) is 55.4 Å². The minimum Gasteiger partial charge on any atom is -0.487 e. The van der Waals surface area contributed by atoms with E-state index in [2.05, 4.69) is 45.2 Å². The van der Waals surface area contributed by atoms with Gasteiger partial charge in [0.05, 0.1) is 27.9 Å². The molecule has 0 saturated carbocycles. The summed E-state index contributed by atoms with van der Waals surface area (Å²) in [6.07, 6.45) is 1.12. The molecule has 1 heterocycles. The number of halogens is 3. The number of thiophene rings is 1. The molecule has 0 atom stereocenters. The molecule has 0 aliphatic rings. The Morgan fingerprint density at radius 3 is 2.40 bits per heavy atom. The molecule has 2 aromatic carbocycles. The van der Waals surface area contributed by atoms with E-state index in [4.69, 9.17) is 14.2 Å². The van der Waals surface area contributed by atoms with Gasteiger partial charge in [-0.05, 0) is 95.8 Å². The Bertz CT molecular complexity index is 1530. The first-order valence-corrected chi connectivity index (χ1v) is 15.0. The lowest BCUT2D eigenvalue weighted by molar-refractivity contribution is -0.114. The molecular formula is C29H24FI2NO6S. The third-order valence-electron chi connectivity index (χ3n) is 5.57. The summed E-state index contributed by atoms with van der Waals surface area (Å²) in [5.74, 6) is -1.82. The van der Waals surface area contributed by atoms with Crippen molar-refractivity contribution in [3.63, 3.8) is 0 Å². The van der Waals surface area contributed by atoms with Gasteiger partial charge in [-0.1, -0.05) is 18.2 Å². The number of carbonyl (C=O) groups is 3. The maximum absolute atomic E-state index is 14.2. The lowest BCUT2D eigenvalue weighted by Crippen LogP contribution is -2.12. The van der Waals surface area contributed by atoms with E-state index in [0.717, 1.165) is 18.5 Å². The summed E-state index contributed by atoms with van der Waals surface area (Å²) in [5.41, 5.74) is 1.14. The molecule has 0 N–H and O–H groups in total. The number of rotatable bonds is 11. The predicted octanol–water partition coefficient (Wildman–Crippen LogP) is 7.06. The van der Waals surface area contributed by atoms with Crippen LogP contribution in [-0.4, -0.2) is 30.9 Å². The van der Waals surface area contributed by atoms with Gasteiger partial charge in [0.1, 0.15) is 29.1 Å². The van der Waals surface area contributed by atoms with Crippen molar-refractivity contribution in [1.29, 1.82) is 5.26 Å². The highest BCUT2D eigenvalue weighted by Gasteiger charge is 2.28. The van der Waals surface area contributed by atoms with Crippen molar-refractivity contribution in [2.75, 3.05) is 13.2 Å². The van der Waals surface area contributed by atoms with Crippen molar-refractivity contribution in [2.24, 2.45) is 0 Å². The van der Waals surface area contributed by atoms with E-state index in [1.807, 2.05) is 12.1 Å². The number of allylic oxidation sites excluding steroid dienone is 1. The zero-order valence-electron chi connectivity index (χ0n) is 21.8. The number of Topliss-reactive ketones (excluding diaryl/α,β-unsaturated/α-hetero) is 1. The molecule has 11 heteroatoms. The highest BCUT2D eigenvalue weighted by Crippen LogP contribution is 2.33. The van der Waals surface area contributed by atoms with E-state index >= 15 is 0 Å². The third kappa shape index (κ3) is 7.67. The van der Waals surface area contributed by atoms with Crippen molar-refractivity contribution < 1.29 is 33.0 Å². The number of carbonyl (C=O) groups excluding carboxylic acids is 3. The molecule has 3 rings (SSSR count). The van der Waals surface area contributed by atoms with Crippen LogP contribution in [0.3, 0.4) is 0 Å². The van der Waals surface area contributed by atoms with Gasteiger partial charge >= 0.3 is 11.9 Å². The highest BCUT2D eigenvalue weighted by atomic mass is 127. The van der Waals surface area contributed by atoms with Crippen molar-refractivity contribution in [3.05, 3.63) is 86.9 Å². The van der Waals surface area contributed by atoms with E-state index < -0.39 is 23.5 Å². The maximum Gasteiger partial charge on any atom is 0.348 e. The van der Waals surface area contributed by atoms with E-state index in [0.29, 0.717) is 27.3 Å². The quantitative estimate of drug-likeness (QED) is 0.0889. The van der Waals surface area contributed by atoms with Crippen LogP contribution < -0.4 is 4.74 Å². The lowest BCUT2D eigenvalue weighted by atomic mass is 10.0. The Labute approximate surface area is 262 Å². The first-order valence-electron chi connectivity index (χ1n) is 12.1. The number of hydrogen-bond acceptors (Lipinski definition) is 8. The molecule has 0 fully saturated rings. The summed E-state index contributed by atoms with van der Waals surface area (Å²) in [6, 6.07) is 11.8. The molecule has 1 aromatic heterocycles. The highest BCUT2D eigenvalue weighted by molar-refractivity contribution is 14.1. The Hall–Kier alpha value is -2.83. The molecule has 7 nitrogen and oxygen atoms in total. The van der Waals surface area contributed by atoms with Gasteiger partial charge in [-0.2, -0.15) is 5.26 Å². The fourth-order valence-corrected chi connectivity index (χ4v) is 6.97. The minimum absolute atomic E-state index is 0.0477. The third-order valence-corrected chi connectivity index (χ3v) is 8.26. The Morgan fingerprint density at radius 2 is 1.75 bits per heavy atom. The monoisotopic (exact) mass is 787 g/mol. The summed E-state index contributed by atoms with van der Waals surface area (Å²) in [6.45, 7) is 5.13. The Kier molecular flexibility index (Phi) is 11.6. The molecule has 0 amide bonds. The largest absolute Gasteiger partial charge is 0.487 e. The second-order valence-electron chi connectivity index (χ2n) is 8.25. The summed E-state index contributed by atoms with van der Waals surface area (Å²) < 4.78 is 31.9. The first kappa shape index (κ1) is 31.7. The number of nitriles is 1. The lowest BCUT2D eigenvalue weighted by Gasteiger charge is -2.13. The van der Waals surface area contributed by atoms with E-state index in [1.54, 1.807) is 45.0 Å². The van der Waals surface area contributed by atoms with Crippen LogP contribution in [0.5, 0.6) is 5.75 Å². The van der Waals surface area contributed by atoms with Gasteiger partial charge in [-0.25, -0.2) is 14.0 Å². The van der Waals surface area contributed by atoms with Crippen LogP contribution in [0, 0.1) is 31.2 Å². The molecule has 0 bridgehead atoms. The zero-order chi connectivity index (χ0) is 29.4. The van der Waals surface area contributed by atoms with Crippen LogP contribution in [0.25, 0.3) is 6.08 Å². The predicted molar refractivity (Wildman–Crippen MR) is 166 cm³/mol. The van der Waals surface area contributed by atoms with Crippen molar-refractivity contribution in [3.8, 4) is 11.8 Å². The van der Waals surface area contributed by atoms with E-state index in [-0.39, 0.29) is 42.3 Å². The molecule has 0 aliphatic carbocycles. The van der Waals surface area contributed by atoms with E-state index in [9.17, 15) is 24.0 Å². The molecule has 40 heavy (non-hydrogen) atoms. The van der Waals surface area contributed by atoms with Gasteiger partial charge in [-0.15, -0.1) is 11.3 Å². The van der Waals surface area contributed by atoms with Gasteiger partial charge in [0.15, 0.2) is 5.78 Å². The molecule has 0 spiro atoms. The minimum atomic E-state index is -0.659. The van der Waals surface area contributed by atoms with Crippen LogP contribution in [0.4, 0.5) is 4.39 Å². The van der Waals surface area contributed by atoms with Gasteiger partial charge in [0, 0.05) is 26.0 Å². The van der Waals surface area contributed by atoms with Crippen LogP contribution in [0.2, 0.25) is 0 Å². The molecule has 0 saturated heterocycles. The number of esters is 2. The van der Waals surface area contributed by atoms with Crippen LogP contribution in [-0.2, 0) is 27.3 Å². The SMILES string of the molecule is CCOC(=O)c1sc(CC(=O)C(C#N)=Cc2cc(I)cc(I)c2OCc2ccccc2F)c(C(=O)OCC)c1C. The van der Waals surface area contributed by atoms with Crippen LogP contribution >= 0.6 is 56.5 Å². The van der Waals surface area contributed by atoms with Gasteiger partial charge in [0.25, 0.3) is 0 Å². The van der Waals surface area contributed by atoms with Crippen molar-refractivity contribution in [2.45, 2.75) is 33.8 Å². The van der Waals surface area contributed by atoms with Crippen molar-refractivity contribution >= 4 is 80.3 Å². The standard InChI is InChI=1S/C29H24FI2NO6S/c1-4-37-28(35)25-16(3)27(29(36)38-5-2)40-24(25)13-23(34)19(14-33)10-18-11-20(31)12-22(32)26(18)39-15-17-8-6-7-9-21(17)30/h6-12H,4-5,13,15H2,1-3H3. The smallest absolute Gasteiger partial charge is 0.348 e. The molecule has 208 valence electrons. The summed E-state index contributed by atoms with van der Waals surface area (Å²) in [5, 5.41) is 9.89. The maximum atomic E-state index is 14.2. The van der Waals surface area contributed by atoms with Gasteiger partial charge in [-0.3, -0.25) is 4.79 Å². The molecule has 0 unspecified atom stereocenters. The average molecular weight is 787 g/mol. The summed E-state index contributed by atoms with van der Waals surface area (Å²) >= 11 is 5.17. The number of ether oxygens (including phenoxy) is 3. The number of nitrogens with zero attached hydrogens (tertiary/aromatic N) is 1. The average Bonchev–Trinajstić information content (AvgIpc) is 3.23. The first-order chi connectivity index (χ1) is 19.1.